The predicted molar refractivity (Wildman–Crippen MR) is 102 cm³/mol. The van der Waals surface area contributed by atoms with Crippen LogP contribution in [0.4, 0.5) is 5.69 Å². The molecular weight excluding hydrogens is 358 g/mol. The number of aryl methyl sites for hydroxylation is 2. The smallest absolute Gasteiger partial charge is 0.260 e. The van der Waals surface area contributed by atoms with Crippen molar-refractivity contribution < 1.29 is 9.53 Å². The Hall–Kier alpha value is -2.32. The Balaban J connectivity index is 1.67. The summed E-state index contributed by atoms with van der Waals surface area (Å²) in [5, 5.41) is 3.88. The minimum atomic E-state index is -0.170. The summed E-state index contributed by atoms with van der Waals surface area (Å²) in [5.74, 6) is 0.713. The maximum atomic E-state index is 12.2. The van der Waals surface area contributed by atoms with Crippen LogP contribution in [-0.4, -0.2) is 28.7 Å². The molecule has 0 aliphatic carbocycles. The van der Waals surface area contributed by atoms with E-state index < -0.39 is 0 Å². The van der Waals surface area contributed by atoms with Crippen molar-refractivity contribution in [3.05, 3.63) is 45.1 Å². The lowest BCUT2D eigenvalue weighted by atomic mass is 10.2. The summed E-state index contributed by atoms with van der Waals surface area (Å²) in [4.78, 5) is 33.3. The maximum Gasteiger partial charge on any atom is 0.260 e. The zero-order chi connectivity index (χ0) is 18.0. The Kier molecular flexibility index (Phi) is 5.10. The molecule has 130 valence electrons. The number of ether oxygens (including phenoxy) is 1. The lowest BCUT2D eigenvalue weighted by Gasteiger charge is -2.06. The highest BCUT2D eigenvalue weighted by atomic mass is 32.2. The fourth-order valence-electron chi connectivity index (χ4n) is 2.31. The number of carbonyl (C=O) groups excluding carboxylic acids is 1. The average molecular weight is 375 g/mol. The van der Waals surface area contributed by atoms with Gasteiger partial charge >= 0.3 is 0 Å². The molecule has 0 unspecified atom stereocenters. The third-order valence-electron chi connectivity index (χ3n) is 3.73. The van der Waals surface area contributed by atoms with E-state index >= 15 is 0 Å². The molecule has 0 aliphatic rings. The Labute approximate surface area is 152 Å². The van der Waals surface area contributed by atoms with Gasteiger partial charge in [0.1, 0.15) is 10.6 Å². The van der Waals surface area contributed by atoms with Crippen LogP contribution in [0.2, 0.25) is 0 Å². The molecule has 25 heavy (non-hydrogen) atoms. The SMILES string of the molecule is COc1ccc(NC(=O)CSc2nc3sc(C)c(C)c3c(=O)[nH]2)cc1. The summed E-state index contributed by atoms with van der Waals surface area (Å²) in [7, 11) is 1.59. The van der Waals surface area contributed by atoms with E-state index in [9.17, 15) is 9.59 Å². The molecule has 0 atom stereocenters. The third-order valence-corrected chi connectivity index (χ3v) is 5.71. The zero-order valence-corrected chi connectivity index (χ0v) is 15.6. The van der Waals surface area contributed by atoms with Gasteiger partial charge < -0.3 is 15.0 Å². The summed E-state index contributed by atoms with van der Waals surface area (Å²) in [6, 6.07) is 7.09. The third kappa shape index (κ3) is 3.85. The number of H-pyrrole nitrogens is 1. The van der Waals surface area contributed by atoms with Crippen molar-refractivity contribution >= 4 is 44.9 Å². The molecule has 6 nitrogen and oxygen atoms in total. The van der Waals surface area contributed by atoms with Gasteiger partial charge in [0.25, 0.3) is 5.56 Å². The van der Waals surface area contributed by atoms with Crippen molar-refractivity contribution in [1.82, 2.24) is 9.97 Å². The molecule has 1 aromatic carbocycles. The second-order valence-corrected chi connectivity index (χ2v) is 7.57. The number of aromatic nitrogens is 2. The predicted octanol–water partition coefficient (Wildman–Crippen LogP) is 3.34. The molecule has 0 bridgehead atoms. The molecule has 2 heterocycles. The van der Waals surface area contributed by atoms with Gasteiger partial charge in [0.05, 0.1) is 18.2 Å². The van der Waals surface area contributed by atoms with Gasteiger partial charge in [0.2, 0.25) is 5.91 Å². The molecule has 0 radical (unpaired) electrons. The molecule has 0 saturated heterocycles. The number of nitrogens with zero attached hydrogens (tertiary/aromatic N) is 1. The number of carbonyl (C=O) groups is 1. The van der Waals surface area contributed by atoms with Gasteiger partial charge in [-0.3, -0.25) is 9.59 Å². The first-order valence-corrected chi connectivity index (χ1v) is 9.35. The first-order valence-electron chi connectivity index (χ1n) is 7.54. The lowest BCUT2D eigenvalue weighted by molar-refractivity contribution is -0.113. The molecule has 0 spiro atoms. The quantitative estimate of drug-likeness (QED) is 0.528. The van der Waals surface area contributed by atoms with Gasteiger partial charge in [0, 0.05) is 10.6 Å². The highest BCUT2D eigenvalue weighted by molar-refractivity contribution is 7.99. The van der Waals surface area contributed by atoms with Gasteiger partial charge in [0.15, 0.2) is 5.16 Å². The standard InChI is InChI=1S/C17H17N3O3S2/c1-9-10(2)25-16-14(9)15(22)19-17(20-16)24-8-13(21)18-11-4-6-12(23-3)7-5-11/h4-7H,8H2,1-3H3,(H,18,21)(H,19,20,22). The number of nitrogens with one attached hydrogen (secondary N) is 2. The molecule has 0 saturated carbocycles. The van der Waals surface area contributed by atoms with Crippen molar-refractivity contribution in [1.29, 1.82) is 0 Å². The van der Waals surface area contributed by atoms with Gasteiger partial charge in [-0.2, -0.15) is 0 Å². The van der Waals surface area contributed by atoms with Crippen LogP contribution in [0.5, 0.6) is 5.75 Å². The fourth-order valence-corrected chi connectivity index (χ4v) is 4.06. The number of hydrogen-bond acceptors (Lipinski definition) is 6. The summed E-state index contributed by atoms with van der Waals surface area (Å²) < 4.78 is 5.08. The van der Waals surface area contributed by atoms with Crippen LogP contribution in [0.25, 0.3) is 10.2 Å². The number of anilines is 1. The fraction of sp³-hybridized carbons (Fsp3) is 0.235. The number of methoxy groups -OCH3 is 1. The first-order chi connectivity index (χ1) is 12.0. The van der Waals surface area contributed by atoms with Crippen molar-refractivity contribution in [2.24, 2.45) is 0 Å². The van der Waals surface area contributed by atoms with E-state index in [1.165, 1.54) is 23.1 Å². The number of rotatable bonds is 5. The van der Waals surface area contributed by atoms with Crippen molar-refractivity contribution in [3.8, 4) is 5.75 Å². The molecule has 2 N–H and O–H groups in total. The number of hydrogen-bond donors (Lipinski definition) is 2. The zero-order valence-electron chi connectivity index (χ0n) is 14.0. The van der Waals surface area contributed by atoms with Crippen LogP contribution in [-0.2, 0) is 4.79 Å². The highest BCUT2D eigenvalue weighted by Gasteiger charge is 2.13. The normalized spacial score (nSPS) is 10.8. The molecule has 1 amide bonds. The molecular formula is C17H17N3O3S2. The van der Waals surface area contributed by atoms with Gasteiger partial charge in [-0.1, -0.05) is 11.8 Å². The van der Waals surface area contributed by atoms with E-state index in [2.05, 4.69) is 15.3 Å². The minimum Gasteiger partial charge on any atom is -0.497 e. The van der Waals surface area contributed by atoms with E-state index in [1.807, 2.05) is 13.8 Å². The summed E-state index contributed by atoms with van der Waals surface area (Å²) >= 11 is 2.69. The number of benzene rings is 1. The van der Waals surface area contributed by atoms with Gasteiger partial charge in [-0.15, -0.1) is 11.3 Å². The summed E-state index contributed by atoms with van der Waals surface area (Å²) in [6.45, 7) is 3.89. The number of fused-ring (bicyclic) bond motifs is 1. The van der Waals surface area contributed by atoms with Crippen LogP contribution in [0.1, 0.15) is 10.4 Å². The maximum absolute atomic E-state index is 12.2. The summed E-state index contributed by atoms with van der Waals surface area (Å²) in [5.41, 5.74) is 1.49. The largest absolute Gasteiger partial charge is 0.497 e. The second kappa shape index (κ2) is 7.28. The molecule has 0 aliphatic heterocycles. The molecule has 8 heteroatoms. The van der Waals surface area contributed by atoms with E-state index in [1.54, 1.807) is 31.4 Å². The van der Waals surface area contributed by atoms with Crippen molar-refractivity contribution in [3.63, 3.8) is 0 Å². The van der Waals surface area contributed by atoms with Crippen LogP contribution in [0, 0.1) is 13.8 Å². The highest BCUT2D eigenvalue weighted by Crippen LogP contribution is 2.27. The molecule has 0 fully saturated rings. The van der Waals surface area contributed by atoms with E-state index in [4.69, 9.17) is 4.74 Å². The number of thioether (sulfide) groups is 1. The van der Waals surface area contributed by atoms with E-state index in [-0.39, 0.29) is 17.2 Å². The monoisotopic (exact) mass is 375 g/mol. The van der Waals surface area contributed by atoms with Gasteiger partial charge in [-0.25, -0.2) is 4.98 Å². The Morgan fingerprint density at radius 2 is 2.04 bits per heavy atom. The average Bonchev–Trinajstić information content (AvgIpc) is 2.88. The van der Waals surface area contributed by atoms with E-state index in [0.29, 0.717) is 21.1 Å². The Bertz CT molecular complexity index is 977. The van der Waals surface area contributed by atoms with Crippen LogP contribution >= 0.6 is 23.1 Å². The van der Waals surface area contributed by atoms with E-state index in [0.717, 1.165) is 16.2 Å². The topological polar surface area (TPSA) is 84.1 Å². The Morgan fingerprint density at radius 3 is 2.72 bits per heavy atom. The lowest BCUT2D eigenvalue weighted by Crippen LogP contribution is -2.15. The van der Waals surface area contributed by atoms with Crippen molar-refractivity contribution in [2.75, 3.05) is 18.2 Å². The van der Waals surface area contributed by atoms with Crippen LogP contribution < -0.4 is 15.6 Å². The number of amides is 1. The number of aromatic amines is 1. The second-order valence-electron chi connectivity index (χ2n) is 5.40. The first kappa shape index (κ1) is 17.5. The van der Waals surface area contributed by atoms with Gasteiger partial charge in [-0.05, 0) is 43.7 Å². The molecule has 3 rings (SSSR count). The van der Waals surface area contributed by atoms with Crippen molar-refractivity contribution in [2.45, 2.75) is 19.0 Å². The van der Waals surface area contributed by atoms with Crippen LogP contribution in [0.3, 0.4) is 0 Å². The minimum absolute atomic E-state index is 0.157. The molecule has 3 aromatic rings. The summed E-state index contributed by atoms with van der Waals surface area (Å²) in [6.07, 6.45) is 0. The number of thiophene rings is 1. The Morgan fingerprint density at radius 1 is 1.32 bits per heavy atom. The molecule has 2 aromatic heterocycles. The van der Waals surface area contributed by atoms with Crippen LogP contribution in [0.15, 0.2) is 34.2 Å².